The number of hydrogen-bond acceptors (Lipinski definition) is 4. The van der Waals surface area contributed by atoms with E-state index >= 15 is 0 Å². The molecule has 0 saturated heterocycles. The molecule has 1 N–H and O–H groups in total. The van der Waals surface area contributed by atoms with Crippen LogP contribution < -0.4 is 9.46 Å². The highest BCUT2D eigenvalue weighted by Gasteiger charge is 2.08. The van der Waals surface area contributed by atoms with Crippen molar-refractivity contribution in [1.82, 2.24) is 4.98 Å². The summed E-state index contributed by atoms with van der Waals surface area (Å²) in [6.45, 7) is 1.80. The molecule has 0 aliphatic carbocycles. The van der Waals surface area contributed by atoms with Crippen molar-refractivity contribution in [2.75, 3.05) is 18.1 Å². The van der Waals surface area contributed by atoms with Gasteiger partial charge in [0.25, 0.3) is 0 Å². The van der Waals surface area contributed by atoms with Crippen LogP contribution in [0.3, 0.4) is 0 Å². The summed E-state index contributed by atoms with van der Waals surface area (Å²) < 4.78 is 29.2. The second kappa shape index (κ2) is 3.83. The van der Waals surface area contributed by atoms with E-state index in [4.69, 9.17) is 4.74 Å². The third-order valence-corrected chi connectivity index (χ3v) is 2.08. The summed E-state index contributed by atoms with van der Waals surface area (Å²) in [6.07, 6.45) is 1.08. The zero-order valence-electron chi connectivity index (χ0n) is 8.23. The molecule has 5 nitrogen and oxygen atoms in total. The topological polar surface area (TPSA) is 68.3 Å². The molecule has 1 heterocycles. The molecule has 0 aromatic carbocycles. The summed E-state index contributed by atoms with van der Waals surface area (Å²) >= 11 is 0. The molecule has 0 fully saturated rings. The Bertz CT molecular complexity index is 428. The van der Waals surface area contributed by atoms with Crippen molar-refractivity contribution < 1.29 is 13.2 Å². The van der Waals surface area contributed by atoms with Crippen molar-refractivity contribution in [3.8, 4) is 5.88 Å². The van der Waals surface area contributed by atoms with E-state index in [1.165, 1.54) is 7.11 Å². The summed E-state index contributed by atoms with van der Waals surface area (Å²) in [5.74, 6) is 0.274. The predicted octanol–water partition coefficient (Wildman–Crippen LogP) is 0.770. The van der Waals surface area contributed by atoms with E-state index < -0.39 is 10.0 Å². The van der Waals surface area contributed by atoms with Crippen LogP contribution in [0.2, 0.25) is 0 Å². The van der Waals surface area contributed by atoms with Crippen molar-refractivity contribution in [3.05, 3.63) is 17.8 Å². The lowest BCUT2D eigenvalue weighted by atomic mass is 10.3. The first kappa shape index (κ1) is 10.8. The van der Waals surface area contributed by atoms with E-state index in [-0.39, 0.29) is 5.88 Å². The Labute approximate surface area is 83.2 Å². The van der Waals surface area contributed by atoms with Crippen LogP contribution in [0, 0.1) is 6.92 Å². The monoisotopic (exact) mass is 216 g/mol. The minimum absolute atomic E-state index is 0.274. The second-order valence-electron chi connectivity index (χ2n) is 2.88. The van der Waals surface area contributed by atoms with Gasteiger partial charge >= 0.3 is 0 Å². The number of methoxy groups -OCH3 is 1. The average Bonchev–Trinajstić information content (AvgIpc) is 2.06. The maximum absolute atomic E-state index is 11.0. The Balaban J connectivity index is 3.09. The molecular formula is C8H12N2O3S. The van der Waals surface area contributed by atoms with Crippen molar-refractivity contribution >= 4 is 15.7 Å². The zero-order valence-corrected chi connectivity index (χ0v) is 9.05. The van der Waals surface area contributed by atoms with Crippen LogP contribution in [0.25, 0.3) is 0 Å². The summed E-state index contributed by atoms with van der Waals surface area (Å²) in [5, 5.41) is 0. The lowest BCUT2D eigenvalue weighted by Gasteiger charge is -2.08. The molecule has 0 aliphatic heterocycles. The van der Waals surface area contributed by atoms with Gasteiger partial charge in [-0.15, -0.1) is 0 Å². The maximum atomic E-state index is 11.0. The highest BCUT2D eigenvalue weighted by molar-refractivity contribution is 7.92. The quantitative estimate of drug-likeness (QED) is 0.810. The molecule has 0 bridgehead atoms. The average molecular weight is 216 g/mol. The fourth-order valence-electron chi connectivity index (χ4n) is 0.966. The lowest BCUT2D eigenvalue weighted by Crippen LogP contribution is -2.11. The van der Waals surface area contributed by atoms with Gasteiger partial charge in [-0.25, -0.2) is 13.4 Å². The van der Waals surface area contributed by atoms with Gasteiger partial charge in [-0.2, -0.15) is 0 Å². The number of anilines is 1. The van der Waals surface area contributed by atoms with Crippen LogP contribution in [0.5, 0.6) is 5.88 Å². The molecule has 0 amide bonds. The van der Waals surface area contributed by atoms with E-state index in [0.29, 0.717) is 5.69 Å². The Morgan fingerprint density at radius 2 is 2.07 bits per heavy atom. The molecule has 0 unspecified atom stereocenters. The number of nitrogens with one attached hydrogen (secondary N) is 1. The Morgan fingerprint density at radius 1 is 1.43 bits per heavy atom. The van der Waals surface area contributed by atoms with Crippen LogP contribution >= 0.6 is 0 Å². The minimum atomic E-state index is -3.29. The number of nitrogens with zero attached hydrogens (tertiary/aromatic N) is 1. The van der Waals surface area contributed by atoms with E-state index in [1.807, 2.05) is 0 Å². The zero-order chi connectivity index (χ0) is 10.8. The molecule has 1 aromatic rings. The fourth-order valence-corrected chi connectivity index (χ4v) is 1.52. The molecule has 0 atom stereocenters. The van der Waals surface area contributed by atoms with Gasteiger partial charge in [0.05, 0.1) is 13.4 Å². The van der Waals surface area contributed by atoms with Crippen molar-refractivity contribution in [2.45, 2.75) is 6.92 Å². The van der Waals surface area contributed by atoms with E-state index in [2.05, 4.69) is 9.71 Å². The minimum Gasteiger partial charge on any atom is -0.479 e. The molecule has 14 heavy (non-hydrogen) atoms. The Kier molecular flexibility index (Phi) is 2.95. The third-order valence-electron chi connectivity index (χ3n) is 1.49. The number of hydrogen-bond donors (Lipinski definition) is 1. The summed E-state index contributed by atoms with van der Waals surface area (Å²) in [7, 11) is -1.85. The summed E-state index contributed by atoms with van der Waals surface area (Å²) in [4.78, 5) is 4.03. The molecule has 1 aromatic heterocycles. The summed E-state index contributed by atoms with van der Waals surface area (Å²) in [5.41, 5.74) is 1.11. The van der Waals surface area contributed by atoms with Crippen LogP contribution in [0.1, 0.15) is 5.69 Å². The third kappa shape index (κ3) is 2.88. The van der Waals surface area contributed by atoms with Crippen molar-refractivity contribution in [3.63, 3.8) is 0 Å². The van der Waals surface area contributed by atoms with Crippen LogP contribution in [-0.2, 0) is 10.0 Å². The van der Waals surface area contributed by atoms with Gasteiger partial charge in [-0.3, -0.25) is 4.72 Å². The molecule has 0 spiro atoms. The van der Waals surface area contributed by atoms with E-state index in [9.17, 15) is 8.42 Å². The summed E-state index contributed by atoms with van der Waals surface area (Å²) in [6, 6.07) is 3.32. The standard InChI is InChI=1S/C8H12N2O3S/c1-6-4-5-7(8(9-6)13-2)10-14(3,11)12/h4-5,10H,1-3H3. The number of pyridine rings is 1. The van der Waals surface area contributed by atoms with E-state index in [0.717, 1.165) is 11.9 Å². The van der Waals surface area contributed by atoms with Gasteiger partial charge in [0, 0.05) is 5.69 Å². The Morgan fingerprint density at radius 3 is 2.57 bits per heavy atom. The fraction of sp³-hybridized carbons (Fsp3) is 0.375. The molecule has 78 valence electrons. The number of sulfonamides is 1. The van der Waals surface area contributed by atoms with E-state index in [1.54, 1.807) is 19.1 Å². The molecule has 0 aliphatic rings. The largest absolute Gasteiger partial charge is 0.479 e. The SMILES string of the molecule is COc1nc(C)ccc1NS(C)(=O)=O. The first-order valence-electron chi connectivity index (χ1n) is 3.92. The number of aryl methyl sites for hydroxylation is 1. The normalized spacial score (nSPS) is 11.1. The Hall–Kier alpha value is -1.30. The van der Waals surface area contributed by atoms with Crippen molar-refractivity contribution in [1.29, 1.82) is 0 Å². The smallest absolute Gasteiger partial charge is 0.238 e. The van der Waals surface area contributed by atoms with Gasteiger partial charge in [-0.05, 0) is 19.1 Å². The number of ether oxygens (including phenoxy) is 1. The number of rotatable bonds is 3. The number of aromatic nitrogens is 1. The molecule has 1 rings (SSSR count). The first-order valence-corrected chi connectivity index (χ1v) is 5.81. The van der Waals surface area contributed by atoms with Gasteiger partial charge < -0.3 is 4.74 Å². The molecule has 6 heteroatoms. The molecular weight excluding hydrogens is 204 g/mol. The van der Waals surface area contributed by atoms with Crippen LogP contribution in [0.4, 0.5) is 5.69 Å². The first-order chi connectivity index (χ1) is 6.42. The maximum Gasteiger partial charge on any atom is 0.238 e. The highest BCUT2D eigenvalue weighted by atomic mass is 32.2. The van der Waals surface area contributed by atoms with Crippen LogP contribution in [0.15, 0.2) is 12.1 Å². The predicted molar refractivity (Wildman–Crippen MR) is 54.0 cm³/mol. The van der Waals surface area contributed by atoms with Gasteiger partial charge in [0.1, 0.15) is 5.69 Å². The van der Waals surface area contributed by atoms with Crippen molar-refractivity contribution in [2.24, 2.45) is 0 Å². The van der Waals surface area contributed by atoms with Gasteiger partial charge in [0.15, 0.2) is 0 Å². The van der Waals surface area contributed by atoms with Gasteiger partial charge in [-0.1, -0.05) is 0 Å². The second-order valence-corrected chi connectivity index (χ2v) is 4.63. The molecule has 0 radical (unpaired) electrons. The van der Waals surface area contributed by atoms with Gasteiger partial charge in [0.2, 0.25) is 15.9 Å². The highest BCUT2D eigenvalue weighted by Crippen LogP contribution is 2.22. The molecule has 0 saturated carbocycles. The lowest BCUT2D eigenvalue weighted by molar-refractivity contribution is 0.399. The van der Waals surface area contributed by atoms with Crippen LogP contribution in [-0.4, -0.2) is 26.8 Å².